The van der Waals surface area contributed by atoms with Gasteiger partial charge in [0, 0.05) is 11.4 Å². The molecule has 6 heteroatoms. The van der Waals surface area contributed by atoms with E-state index in [0.29, 0.717) is 13.0 Å². The molecule has 2 aromatic rings. The van der Waals surface area contributed by atoms with Crippen molar-refractivity contribution < 1.29 is 4.79 Å². The summed E-state index contributed by atoms with van der Waals surface area (Å²) in [6.07, 6.45) is 2.37. The molecule has 0 radical (unpaired) electrons. The third-order valence-corrected chi connectivity index (χ3v) is 4.09. The van der Waals surface area contributed by atoms with Gasteiger partial charge < -0.3 is 16.3 Å². The van der Waals surface area contributed by atoms with Gasteiger partial charge in [-0.25, -0.2) is 4.72 Å². The molecule has 0 spiro atoms. The SMILES string of the molecule is NC(N)=NCCCC(C=O)NSc1ccc2ccccc2c1. The number of nitrogens with one attached hydrogen (secondary N) is 1. The van der Waals surface area contributed by atoms with Crippen molar-refractivity contribution in [3.05, 3.63) is 42.5 Å². The summed E-state index contributed by atoms with van der Waals surface area (Å²) >= 11 is 1.47. The van der Waals surface area contributed by atoms with E-state index in [0.717, 1.165) is 17.6 Å². The minimum absolute atomic E-state index is 0.0844. The number of rotatable bonds is 8. The van der Waals surface area contributed by atoms with Gasteiger partial charge in [0.1, 0.15) is 6.29 Å². The van der Waals surface area contributed by atoms with E-state index in [2.05, 4.69) is 34.0 Å². The first-order valence-electron chi connectivity index (χ1n) is 7.11. The fourth-order valence-corrected chi connectivity index (χ4v) is 2.83. The topological polar surface area (TPSA) is 93.5 Å². The maximum atomic E-state index is 11.1. The van der Waals surface area contributed by atoms with Gasteiger partial charge in [-0.2, -0.15) is 0 Å². The summed E-state index contributed by atoms with van der Waals surface area (Å²) in [5, 5.41) is 2.39. The quantitative estimate of drug-likeness (QED) is 0.228. The molecule has 0 bridgehead atoms. The van der Waals surface area contributed by atoms with Crippen LogP contribution in [-0.4, -0.2) is 24.8 Å². The van der Waals surface area contributed by atoms with Gasteiger partial charge in [-0.3, -0.25) is 4.99 Å². The average molecular weight is 316 g/mol. The number of aldehydes is 1. The van der Waals surface area contributed by atoms with Crippen LogP contribution < -0.4 is 16.2 Å². The lowest BCUT2D eigenvalue weighted by Crippen LogP contribution is -2.25. The lowest BCUT2D eigenvalue weighted by atomic mass is 10.1. The maximum absolute atomic E-state index is 11.1. The number of carbonyl (C=O) groups is 1. The zero-order valence-corrected chi connectivity index (χ0v) is 13.1. The Morgan fingerprint density at radius 2 is 2.00 bits per heavy atom. The third-order valence-electron chi connectivity index (χ3n) is 3.18. The summed E-state index contributed by atoms with van der Waals surface area (Å²) in [6.45, 7) is 0.537. The van der Waals surface area contributed by atoms with Crippen LogP contribution in [0.15, 0.2) is 52.4 Å². The lowest BCUT2D eigenvalue weighted by molar-refractivity contribution is -0.109. The number of hydrogen-bond acceptors (Lipinski definition) is 4. The largest absolute Gasteiger partial charge is 0.370 e. The normalized spacial score (nSPS) is 12.0. The highest BCUT2D eigenvalue weighted by molar-refractivity contribution is 7.97. The molecule has 0 fully saturated rings. The molecule has 0 aliphatic rings. The van der Waals surface area contributed by atoms with Crippen LogP contribution in [0.2, 0.25) is 0 Å². The Labute approximate surface area is 134 Å². The summed E-state index contributed by atoms with van der Waals surface area (Å²) < 4.78 is 3.18. The second kappa shape index (κ2) is 8.41. The number of fused-ring (bicyclic) bond motifs is 1. The maximum Gasteiger partial charge on any atom is 0.185 e. The van der Waals surface area contributed by atoms with Crippen LogP contribution in [0.1, 0.15) is 12.8 Å². The fraction of sp³-hybridized carbons (Fsp3) is 0.250. The van der Waals surface area contributed by atoms with Crippen LogP contribution in [0.4, 0.5) is 0 Å². The van der Waals surface area contributed by atoms with Crippen LogP contribution in [0.5, 0.6) is 0 Å². The second-order valence-corrected chi connectivity index (χ2v) is 5.83. The first-order valence-corrected chi connectivity index (χ1v) is 7.92. The Hall–Kier alpha value is -2.05. The number of nitrogens with zero attached hydrogens (tertiary/aromatic N) is 1. The minimum atomic E-state index is -0.217. The summed E-state index contributed by atoms with van der Waals surface area (Å²) in [5.74, 6) is 0.0844. The van der Waals surface area contributed by atoms with E-state index >= 15 is 0 Å². The molecule has 116 valence electrons. The van der Waals surface area contributed by atoms with Gasteiger partial charge in [0.05, 0.1) is 6.04 Å². The first kappa shape index (κ1) is 16.3. The van der Waals surface area contributed by atoms with Crippen molar-refractivity contribution in [3.8, 4) is 0 Å². The van der Waals surface area contributed by atoms with E-state index in [-0.39, 0.29) is 12.0 Å². The summed E-state index contributed by atoms with van der Waals surface area (Å²) in [4.78, 5) is 16.1. The molecular weight excluding hydrogens is 296 g/mol. The molecule has 0 amide bonds. The van der Waals surface area contributed by atoms with Gasteiger partial charge >= 0.3 is 0 Å². The third kappa shape index (κ3) is 5.05. The summed E-state index contributed by atoms with van der Waals surface area (Å²) in [5.41, 5.74) is 10.5. The van der Waals surface area contributed by atoms with Crippen LogP contribution in [0.3, 0.4) is 0 Å². The van der Waals surface area contributed by atoms with Crippen molar-refractivity contribution in [2.75, 3.05) is 6.54 Å². The molecule has 1 atom stereocenters. The number of hydrogen-bond donors (Lipinski definition) is 3. The number of aliphatic imine (C=N–C) groups is 1. The Kier molecular flexibility index (Phi) is 6.24. The van der Waals surface area contributed by atoms with Crippen LogP contribution in [0, 0.1) is 0 Å². The highest BCUT2D eigenvalue weighted by Crippen LogP contribution is 2.22. The highest BCUT2D eigenvalue weighted by Gasteiger charge is 2.07. The van der Waals surface area contributed by atoms with Crippen molar-refractivity contribution in [2.24, 2.45) is 16.5 Å². The van der Waals surface area contributed by atoms with E-state index < -0.39 is 0 Å². The van der Waals surface area contributed by atoms with Gasteiger partial charge in [0.2, 0.25) is 0 Å². The smallest absolute Gasteiger partial charge is 0.185 e. The van der Waals surface area contributed by atoms with Crippen LogP contribution in [-0.2, 0) is 4.79 Å². The molecule has 22 heavy (non-hydrogen) atoms. The molecule has 2 aromatic carbocycles. The standard InChI is InChI=1S/C16H20N4OS/c17-16(18)19-9-3-6-14(11-21)20-22-15-8-7-12-4-1-2-5-13(12)10-15/h1-2,4-5,7-8,10-11,14,20H,3,6,9H2,(H4,17,18,19). The van der Waals surface area contributed by atoms with Gasteiger partial charge in [-0.1, -0.05) is 30.3 Å². The highest BCUT2D eigenvalue weighted by atomic mass is 32.2. The molecule has 0 saturated heterocycles. The van der Waals surface area contributed by atoms with Crippen molar-refractivity contribution in [1.82, 2.24) is 4.72 Å². The van der Waals surface area contributed by atoms with Crippen molar-refractivity contribution in [3.63, 3.8) is 0 Å². The molecule has 5 nitrogen and oxygen atoms in total. The number of carbonyl (C=O) groups excluding carboxylic acids is 1. The molecule has 1 unspecified atom stereocenters. The van der Waals surface area contributed by atoms with E-state index in [1.165, 1.54) is 22.7 Å². The molecule has 0 heterocycles. The van der Waals surface area contributed by atoms with Gasteiger partial charge in [-0.05, 0) is 47.7 Å². The Bertz CT molecular complexity index is 655. The summed E-state index contributed by atoms with van der Waals surface area (Å²) in [7, 11) is 0. The van der Waals surface area contributed by atoms with Crippen molar-refractivity contribution in [1.29, 1.82) is 0 Å². The first-order chi connectivity index (χ1) is 10.7. The minimum Gasteiger partial charge on any atom is -0.370 e. The molecule has 0 saturated carbocycles. The zero-order valence-electron chi connectivity index (χ0n) is 12.2. The monoisotopic (exact) mass is 316 g/mol. The number of benzene rings is 2. The number of nitrogens with two attached hydrogens (primary N) is 2. The van der Waals surface area contributed by atoms with Gasteiger partial charge in [-0.15, -0.1) is 0 Å². The van der Waals surface area contributed by atoms with E-state index in [1.807, 2.05) is 18.2 Å². The molecule has 5 N–H and O–H groups in total. The van der Waals surface area contributed by atoms with Crippen molar-refractivity contribution in [2.45, 2.75) is 23.8 Å². The second-order valence-electron chi connectivity index (χ2n) is 4.92. The average Bonchev–Trinajstić information content (AvgIpc) is 2.53. The zero-order chi connectivity index (χ0) is 15.8. The van der Waals surface area contributed by atoms with E-state index in [1.54, 1.807) is 0 Å². The Morgan fingerprint density at radius 3 is 2.73 bits per heavy atom. The van der Waals surface area contributed by atoms with Gasteiger partial charge in [0.25, 0.3) is 0 Å². The predicted octanol–water partition coefficient (Wildman–Crippen LogP) is 2.06. The Balaban J connectivity index is 1.86. The molecule has 0 aliphatic heterocycles. The molecule has 2 rings (SSSR count). The van der Waals surface area contributed by atoms with Crippen LogP contribution in [0.25, 0.3) is 10.8 Å². The lowest BCUT2D eigenvalue weighted by Gasteiger charge is -2.11. The Morgan fingerprint density at radius 1 is 1.23 bits per heavy atom. The van der Waals surface area contributed by atoms with Crippen molar-refractivity contribution >= 4 is 35.0 Å². The predicted molar refractivity (Wildman–Crippen MR) is 92.7 cm³/mol. The molecular formula is C16H20N4OS. The van der Waals surface area contributed by atoms with E-state index in [9.17, 15) is 4.79 Å². The fourth-order valence-electron chi connectivity index (χ4n) is 2.05. The number of guanidine groups is 1. The molecule has 0 aromatic heterocycles. The van der Waals surface area contributed by atoms with Crippen LogP contribution >= 0.6 is 11.9 Å². The van der Waals surface area contributed by atoms with E-state index in [4.69, 9.17) is 11.5 Å². The van der Waals surface area contributed by atoms with Gasteiger partial charge in [0.15, 0.2) is 5.96 Å². The molecule has 0 aliphatic carbocycles. The summed E-state index contributed by atoms with van der Waals surface area (Å²) in [6, 6.07) is 14.2.